The average molecular weight is 273 g/mol. The van der Waals surface area contributed by atoms with E-state index in [1.54, 1.807) is 12.4 Å². The maximum absolute atomic E-state index is 5.62. The Labute approximate surface area is 115 Å². The second-order valence-corrected chi connectivity index (χ2v) is 5.37. The van der Waals surface area contributed by atoms with Crippen LogP contribution in [0.2, 0.25) is 0 Å². The molecule has 0 amide bonds. The van der Waals surface area contributed by atoms with Gasteiger partial charge < -0.3 is 10.3 Å². The fraction of sp³-hybridized carbons (Fsp3) is 0.308. The minimum atomic E-state index is 0.642. The number of nitrogen functional groups attached to an aromatic ring is 1. The lowest BCUT2D eigenvalue weighted by atomic mass is 10.2. The number of fused-ring (bicyclic) bond motifs is 1. The van der Waals surface area contributed by atoms with Crippen LogP contribution in [0.1, 0.15) is 17.9 Å². The lowest BCUT2D eigenvalue weighted by Gasteiger charge is -2.01. The van der Waals surface area contributed by atoms with E-state index in [1.807, 2.05) is 18.5 Å². The van der Waals surface area contributed by atoms with Gasteiger partial charge in [-0.15, -0.1) is 11.3 Å². The summed E-state index contributed by atoms with van der Waals surface area (Å²) in [6.45, 7) is 0. The standard InChI is InChI=1S/C13H15N5S/c1-18-11-5-6-15-7-10(11)17-12(18)4-2-3-9-8-19-13(14)16-9/h5-8H,2-4H2,1H3,(H2,14,16). The lowest BCUT2D eigenvalue weighted by Crippen LogP contribution is -1.99. The summed E-state index contributed by atoms with van der Waals surface area (Å²) < 4.78 is 2.13. The van der Waals surface area contributed by atoms with Crippen molar-refractivity contribution >= 4 is 27.5 Å². The van der Waals surface area contributed by atoms with Gasteiger partial charge in [0.05, 0.1) is 17.4 Å². The predicted octanol–water partition coefficient (Wildman–Crippen LogP) is 2.18. The van der Waals surface area contributed by atoms with Crippen molar-refractivity contribution in [1.29, 1.82) is 0 Å². The highest BCUT2D eigenvalue weighted by Crippen LogP contribution is 2.16. The molecule has 6 heteroatoms. The van der Waals surface area contributed by atoms with Crippen LogP contribution >= 0.6 is 11.3 Å². The Bertz CT molecular complexity index is 700. The van der Waals surface area contributed by atoms with Crippen molar-refractivity contribution in [2.24, 2.45) is 7.05 Å². The van der Waals surface area contributed by atoms with E-state index in [0.29, 0.717) is 5.13 Å². The molecule has 5 nitrogen and oxygen atoms in total. The highest BCUT2D eigenvalue weighted by molar-refractivity contribution is 7.13. The van der Waals surface area contributed by atoms with Gasteiger partial charge in [-0.3, -0.25) is 4.98 Å². The average Bonchev–Trinajstić information content (AvgIpc) is 2.96. The first-order valence-corrected chi connectivity index (χ1v) is 7.07. The van der Waals surface area contributed by atoms with E-state index >= 15 is 0 Å². The van der Waals surface area contributed by atoms with Gasteiger partial charge in [0.15, 0.2) is 5.13 Å². The van der Waals surface area contributed by atoms with Gasteiger partial charge in [-0.05, 0) is 18.9 Å². The van der Waals surface area contributed by atoms with Crippen molar-refractivity contribution in [3.05, 3.63) is 35.4 Å². The van der Waals surface area contributed by atoms with Crippen LogP contribution in [0.15, 0.2) is 23.8 Å². The Morgan fingerprint density at radius 1 is 1.32 bits per heavy atom. The number of aryl methyl sites for hydroxylation is 3. The van der Waals surface area contributed by atoms with Crippen LogP contribution in [0, 0.1) is 0 Å². The first-order valence-electron chi connectivity index (χ1n) is 6.19. The number of hydrogen-bond donors (Lipinski definition) is 1. The molecule has 0 aromatic carbocycles. The zero-order chi connectivity index (χ0) is 13.2. The van der Waals surface area contributed by atoms with Gasteiger partial charge in [0, 0.05) is 25.0 Å². The number of anilines is 1. The Hall–Kier alpha value is -1.95. The maximum Gasteiger partial charge on any atom is 0.180 e. The van der Waals surface area contributed by atoms with Crippen molar-refractivity contribution < 1.29 is 0 Å². The molecule has 0 aliphatic rings. The largest absolute Gasteiger partial charge is 0.375 e. The first kappa shape index (κ1) is 12.1. The highest BCUT2D eigenvalue weighted by Gasteiger charge is 2.07. The van der Waals surface area contributed by atoms with Crippen molar-refractivity contribution in [2.75, 3.05) is 5.73 Å². The summed E-state index contributed by atoms with van der Waals surface area (Å²) in [6.07, 6.45) is 6.50. The Balaban J connectivity index is 1.70. The van der Waals surface area contributed by atoms with Gasteiger partial charge in [0.25, 0.3) is 0 Å². The zero-order valence-electron chi connectivity index (χ0n) is 10.7. The molecule has 0 bridgehead atoms. The van der Waals surface area contributed by atoms with Crippen molar-refractivity contribution in [3.8, 4) is 0 Å². The summed E-state index contributed by atoms with van der Waals surface area (Å²) in [4.78, 5) is 13.0. The minimum Gasteiger partial charge on any atom is -0.375 e. The monoisotopic (exact) mass is 273 g/mol. The predicted molar refractivity (Wildman–Crippen MR) is 77.1 cm³/mol. The quantitative estimate of drug-likeness (QED) is 0.791. The Morgan fingerprint density at radius 3 is 2.95 bits per heavy atom. The minimum absolute atomic E-state index is 0.642. The summed E-state index contributed by atoms with van der Waals surface area (Å²) in [5.41, 5.74) is 8.78. The van der Waals surface area contributed by atoms with E-state index in [1.165, 1.54) is 11.3 Å². The van der Waals surface area contributed by atoms with Gasteiger partial charge >= 0.3 is 0 Å². The number of aromatic nitrogens is 4. The Kier molecular flexibility index (Phi) is 3.16. The number of rotatable bonds is 4. The summed E-state index contributed by atoms with van der Waals surface area (Å²) in [5.74, 6) is 1.09. The molecule has 0 saturated carbocycles. The lowest BCUT2D eigenvalue weighted by molar-refractivity contribution is 0.727. The maximum atomic E-state index is 5.62. The highest BCUT2D eigenvalue weighted by atomic mass is 32.1. The van der Waals surface area contributed by atoms with Crippen LogP contribution in [0.3, 0.4) is 0 Å². The van der Waals surface area contributed by atoms with E-state index in [-0.39, 0.29) is 0 Å². The molecule has 3 heterocycles. The third-order valence-electron chi connectivity index (χ3n) is 3.18. The van der Waals surface area contributed by atoms with Gasteiger partial charge in [0.1, 0.15) is 11.3 Å². The molecule has 0 aliphatic heterocycles. The molecular formula is C13H15N5S. The number of thiazole rings is 1. The SMILES string of the molecule is Cn1c(CCCc2csc(N)n2)nc2cnccc21. The molecule has 3 rings (SSSR count). The van der Waals surface area contributed by atoms with Gasteiger partial charge in [-0.2, -0.15) is 0 Å². The number of nitrogens with two attached hydrogens (primary N) is 1. The molecule has 3 aromatic heterocycles. The number of nitrogens with zero attached hydrogens (tertiary/aromatic N) is 4. The normalized spacial score (nSPS) is 11.2. The third-order valence-corrected chi connectivity index (χ3v) is 3.90. The number of imidazole rings is 1. The van der Waals surface area contributed by atoms with Crippen LogP contribution in [0.4, 0.5) is 5.13 Å². The van der Waals surface area contributed by atoms with Crippen LogP contribution < -0.4 is 5.73 Å². The summed E-state index contributed by atoms with van der Waals surface area (Å²) in [5, 5.41) is 2.66. The van der Waals surface area contributed by atoms with Crippen LogP contribution in [-0.4, -0.2) is 19.5 Å². The molecule has 0 atom stereocenters. The summed E-state index contributed by atoms with van der Waals surface area (Å²) >= 11 is 1.50. The second-order valence-electron chi connectivity index (χ2n) is 4.48. The van der Waals surface area contributed by atoms with Crippen molar-refractivity contribution in [2.45, 2.75) is 19.3 Å². The molecule has 0 unspecified atom stereocenters. The molecular weight excluding hydrogens is 258 g/mol. The van der Waals surface area contributed by atoms with Crippen molar-refractivity contribution in [1.82, 2.24) is 19.5 Å². The number of hydrogen-bond acceptors (Lipinski definition) is 5. The van der Waals surface area contributed by atoms with E-state index < -0.39 is 0 Å². The molecule has 2 N–H and O–H groups in total. The first-order chi connectivity index (χ1) is 9.24. The van der Waals surface area contributed by atoms with Crippen molar-refractivity contribution in [3.63, 3.8) is 0 Å². The summed E-state index contributed by atoms with van der Waals surface area (Å²) in [6, 6.07) is 1.99. The third kappa shape index (κ3) is 2.44. The van der Waals surface area contributed by atoms with Gasteiger partial charge in [-0.1, -0.05) is 0 Å². The fourth-order valence-corrected chi connectivity index (χ4v) is 2.79. The second kappa shape index (κ2) is 4.97. The fourth-order valence-electron chi connectivity index (χ4n) is 2.19. The molecule has 98 valence electrons. The molecule has 19 heavy (non-hydrogen) atoms. The molecule has 0 aliphatic carbocycles. The number of pyridine rings is 1. The molecule has 0 spiro atoms. The van der Waals surface area contributed by atoms with Crippen LogP contribution in [-0.2, 0) is 19.9 Å². The van der Waals surface area contributed by atoms with Crippen LogP contribution in [0.5, 0.6) is 0 Å². The molecule has 3 aromatic rings. The topological polar surface area (TPSA) is 69.6 Å². The van der Waals surface area contributed by atoms with E-state index in [9.17, 15) is 0 Å². The van der Waals surface area contributed by atoms with Gasteiger partial charge in [0.2, 0.25) is 0 Å². The van der Waals surface area contributed by atoms with Crippen LogP contribution in [0.25, 0.3) is 11.0 Å². The smallest absolute Gasteiger partial charge is 0.180 e. The van der Waals surface area contributed by atoms with E-state index in [0.717, 1.165) is 41.8 Å². The summed E-state index contributed by atoms with van der Waals surface area (Å²) in [7, 11) is 2.05. The molecule has 0 fully saturated rings. The Morgan fingerprint density at radius 2 is 2.21 bits per heavy atom. The van der Waals surface area contributed by atoms with E-state index in [4.69, 9.17) is 5.73 Å². The van der Waals surface area contributed by atoms with Gasteiger partial charge in [-0.25, -0.2) is 9.97 Å². The molecule has 0 radical (unpaired) electrons. The molecule has 0 saturated heterocycles. The van der Waals surface area contributed by atoms with E-state index in [2.05, 4.69) is 19.5 Å². The zero-order valence-corrected chi connectivity index (χ0v) is 11.5.